The molecule has 92 valence electrons. The molecule has 0 bridgehead atoms. The molecule has 18 heavy (non-hydrogen) atoms. The normalized spacial score (nSPS) is 10.1. The van der Waals surface area contributed by atoms with Crippen molar-refractivity contribution in [2.45, 2.75) is 13.5 Å². The Bertz CT molecular complexity index is 554. The van der Waals surface area contributed by atoms with Gasteiger partial charge in [0.15, 0.2) is 0 Å². The van der Waals surface area contributed by atoms with Crippen LogP contribution in [-0.4, -0.2) is 14.9 Å². The fraction of sp³-hybridized carbons (Fsp3) is 0.167. The summed E-state index contributed by atoms with van der Waals surface area (Å²) >= 11 is 0. The highest BCUT2D eigenvalue weighted by Crippen LogP contribution is 2.13. The minimum Gasteiger partial charge on any atom is -0.366 e. The van der Waals surface area contributed by atoms with Crippen molar-refractivity contribution in [3.8, 4) is 0 Å². The van der Waals surface area contributed by atoms with Crippen LogP contribution in [0.4, 0.5) is 11.5 Å². The van der Waals surface area contributed by atoms with Crippen molar-refractivity contribution in [3.05, 3.63) is 58.0 Å². The zero-order valence-electron chi connectivity index (χ0n) is 9.83. The van der Waals surface area contributed by atoms with Gasteiger partial charge in [-0.25, -0.2) is 4.98 Å². The third-order valence-corrected chi connectivity index (χ3v) is 2.57. The smallest absolute Gasteiger partial charge is 0.287 e. The fourth-order valence-corrected chi connectivity index (χ4v) is 1.47. The van der Waals surface area contributed by atoms with Gasteiger partial charge in [0, 0.05) is 25.0 Å². The Morgan fingerprint density at radius 2 is 2.17 bits per heavy atom. The number of nitrogens with one attached hydrogen (secondary N) is 1. The van der Waals surface area contributed by atoms with Crippen LogP contribution in [0, 0.1) is 17.0 Å². The summed E-state index contributed by atoms with van der Waals surface area (Å²) in [6.07, 6.45) is 4.76. The van der Waals surface area contributed by atoms with Gasteiger partial charge in [-0.2, -0.15) is 0 Å². The summed E-state index contributed by atoms with van der Waals surface area (Å²) in [4.78, 5) is 18.0. The second-order valence-electron chi connectivity index (χ2n) is 3.81. The van der Waals surface area contributed by atoms with E-state index in [1.165, 1.54) is 12.3 Å². The topological polar surface area (TPSA) is 81.0 Å². The lowest BCUT2D eigenvalue weighted by molar-refractivity contribution is -0.385. The average molecular weight is 244 g/mol. The molecule has 0 amide bonds. The van der Waals surface area contributed by atoms with Crippen LogP contribution in [0.15, 0.2) is 36.8 Å². The lowest BCUT2D eigenvalue weighted by Crippen LogP contribution is -2.03. The van der Waals surface area contributed by atoms with E-state index in [-0.39, 0.29) is 5.69 Å². The van der Waals surface area contributed by atoms with Gasteiger partial charge in [-0.15, -0.1) is 0 Å². The van der Waals surface area contributed by atoms with Crippen LogP contribution in [0.25, 0.3) is 0 Å². The van der Waals surface area contributed by atoms with E-state index < -0.39 is 4.92 Å². The van der Waals surface area contributed by atoms with Crippen molar-refractivity contribution >= 4 is 11.5 Å². The minimum atomic E-state index is -0.470. The van der Waals surface area contributed by atoms with Crippen LogP contribution < -0.4 is 5.32 Å². The minimum absolute atomic E-state index is 0.0156. The molecule has 0 radical (unpaired) electrons. The second kappa shape index (κ2) is 5.22. The van der Waals surface area contributed by atoms with Gasteiger partial charge in [-0.05, 0) is 30.2 Å². The van der Waals surface area contributed by atoms with E-state index in [4.69, 9.17) is 0 Å². The Labute approximate surface area is 104 Å². The van der Waals surface area contributed by atoms with Crippen molar-refractivity contribution < 1.29 is 4.92 Å². The van der Waals surface area contributed by atoms with Gasteiger partial charge in [-0.3, -0.25) is 15.1 Å². The lowest BCUT2D eigenvalue weighted by Gasteiger charge is -2.07. The zero-order chi connectivity index (χ0) is 13.0. The number of hydrogen-bond donors (Lipinski definition) is 1. The standard InChI is InChI=1S/C12H12N4O2/c1-9-4-5-13-6-10(9)7-14-12-3-2-11(8-15-12)16(17)18/h2-6,8H,7H2,1H3,(H,14,15). The highest BCUT2D eigenvalue weighted by atomic mass is 16.6. The van der Waals surface area contributed by atoms with Gasteiger partial charge in [0.2, 0.25) is 0 Å². The summed E-state index contributed by atoms with van der Waals surface area (Å²) in [5, 5.41) is 13.6. The molecule has 0 aliphatic heterocycles. The van der Waals surface area contributed by atoms with Gasteiger partial charge < -0.3 is 5.32 Å². The largest absolute Gasteiger partial charge is 0.366 e. The summed E-state index contributed by atoms with van der Waals surface area (Å²) in [6, 6.07) is 4.94. The van der Waals surface area contributed by atoms with Crippen molar-refractivity contribution in [3.63, 3.8) is 0 Å². The van der Waals surface area contributed by atoms with E-state index >= 15 is 0 Å². The van der Waals surface area contributed by atoms with E-state index in [1.807, 2.05) is 13.0 Å². The molecule has 0 atom stereocenters. The first-order chi connectivity index (χ1) is 8.66. The van der Waals surface area contributed by atoms with E-state index in [2.05, 4.69) is 15.3 Å². The molecule has 0 fully saturated rings. The predicted molar refractivity (Wildman–Crippen MR) is 67.2 cm³/mol. The quantitative estimate of drug-likeness (QED) is 0.659. The number of pyridine rings is 2. The number of nitrogens with zero attached hydrogens (tertiary/aromatic N) is 3. The van der Waals surface area contributed by atoms with Gasteiger partial charge in [0.05, 0.1) is 4.92 Å². The molecule has 0 aliphatic carbocycles. The van der Waals surface area contributed by atoms with Crippen LogP contribution in [0.3, 0.4) is 0 Å². The Kier molecular flexibility index (Phi) is 3.47. The number of hydrogen-bond acceptors (Lipinski definition) is 5. The molecule has 0 spiro atoms. The Balaban J connectivity index is 2.02. The Hall–Kier alpha value is -2.50. The SMILES string of the molecule is Cc1ccncc1CNc1ccc([N+](=O)[O-])cn1. The van der Waals surface area contributed by atoms with Crippen molar-refractivity contribution in [2.24, 2.45) is 0 Å². The molecule has 0 unspecified atom stereocenters. The number of aromatic nitrogens is 2. The molecule has 1 N–H and O–H groups in total. The molecule has 2 rings (SSSR count). The van der Waals surface area contributed by atoms with E-state index in [0.717, 1.165) is 11.1 Å². The monoisotopic (exact) mass is 244 g/mol. The maximum atomic E-state index is 10.5. The number of aryl methyl sites for hydroxylation is 1. The van der Waals surface area contributed by atoms with Gasteiger partial charge >= 0.3 is 0 Å². The Morgan fingerprint density at radius 1 is 1.33 bits per heavy atom. The van der Waals surface area contributed by atoms with Crippen LogP contribution in [-0.2, 0) is 6.54 Å². The van der Waals surface area contributed by atoms with Crippen LogP contribution in [0.5, 0.6) is 0 Å². The first-order valence-corrected chi connectivity index (χ1v) is 5.40. The molecule has 2 aromatic rings. The van der Waals surface area contributed by atoms with Crippen LogP contribution in [0.1, 0.15) is 11.1 Å². The Morgan fingerprint density at radius 3 is 2.78 bits per heavy atom. The summed E-state index contributed by atoms with van der Waals surface area (Å²) in [6.45, 7) is 2.59. The second-order valence-corrected chi connectivity index (χ2v) is 3.81. The highest BCUT2D eigenvalue weighted by Gasteiger charge is 2.05. The van der Waals surface area contributed by atoms with Crippen LogP contribution in [0.2, 0.25) is 0 Å². The summed E-state index contributed by atoms with van der Waals surface area (Å²) in [5.74, 6) is 0.601. The summed E-state index contributed by atoms with van der Waals surface area (Å²) in [7, 11) is 0. The molecule has 6 nitrogen and oxygen atoms in total. The highest BCUT2D eigenvalue weighted by molar-refractivity contribution is 5.41. The lowest BCUT2D eigenvalue weighted by atomic mass is 10.1. The zero-order valence-corrected chi connectivity index (χ0v) is 9.83. The molecule has 0 aromatic carbocycles. The molecule has 0 saturated carbocycles. The maximum absolute atomic E-state index is 10.5. The maximum Gasteiger partial charge on any atom is 0.287 e. The first-order valence-electron chi connectivity index (χ1n) is 5.40. The van der Waals surface area contributed by atoms with E-state index in [1.54, 1.807) is 18.5 Å². The third-order valence-electron chi connectivity index (χ3n) is 2.57. The summed E-state index contributed by atoms with van der Waals surface area (Å²) < 4.78 is 0. The van der Waals surface area contributed by atoms with E-state index in [9.17, 15) is 10.1 Å². The molecule has 0 saturated heterocycles. The molecule has 2 heterocycles. The van der Waals surface area contributed by atoms with E-state index in [0.29, 0.717) is 12.4 Å². The van der Waals surface area contributed by atoms with Crippen molar-refractivity contribution in [2.75, 3.05) is 5.32 Å². The fourth-order valence-electron chi connectivity index (χ4n) is 1.47. The molecular formula is C12H12N4O2. The number of anilines is 1. The predicted octanol–water partition coefficient (Wildman–Crippen LogP) is 2.31. The molecule has 6 heteroatoms. The van der Waals surface area contributed by atoms with Gasteiger partial charge in [0.1, 0.15) is 12.0 Å². The first kappa shape index (κ1) is 12.0. The molecule has 2 aromatic heterocycles. The molecular weight excluding hydrogens is 232 g/mol. The van der Waals surface area contributed by atoms with Crippen molar-refractivity contribution in [1.82, 2.24) is 9.97 Å². The van der Waals surface area contributed by atoms with Gasteiger partial charge in [-0.1, -0.05) is 0 Å². The number of nitro groups is 1. The summed E-state index contributed by atoms with van der Waals surface area (Å²) in [5.41, 5.74) is 2.19. The molecule has 0 aliphatic rings. The van der Waals surface area contributed by atoms with Crippen molar-refractivity contribution in [1.29, 1.82) is 0 Å². The number of rotatable bonds is 4. The van der Waals surface area contributed by atoms with Crippen LogP contribution >= 0.6 is 0 Å². The average Bonchev–Trinajstić information content (AvgIpc) is 2.38. The van der Waals surface area contributed by atoms with Gasteiger partial charge in [0.25, 0.3) is 5.69 Å². The third kappa shape index (κ3) is 2.79.